The van der Waals surface area contributed by atoms with Crippen LogP contribution in [0.3, 0.4) is 0 Å². The van der Waals surface area contributed by atoms with E-state index in [1.807, 2.05) is 0 Å². The van der Waals surface area contributed by atoms with E-state index in [4.69, 9.17) is 4.74 Å². The summed E-state index contributed by atoms with van der Waals surface area (Å²) < 4.78 is 15.3. The third kappa shape index (κ3) is 7.77. The van der Waals surface area contributed by atoms with Gasteiger partial charge in [0, 0.05) is 107 Å². The lowest BCUT2D eigenvalue weighted by molar-refractivity contribution is 0.488. The molecule has 19 rings (SSSR count). The number of fused-ring (bicyclic) bond motifs is 16. The maximum absolute atomic E-state index is 7.62. The number of anilines is 9. The first-order chi connectivity index (χ1) is 45.7. The monoisotopic (exact) mass is 1170 g/mol. The Morgan fingerprint density at radius 1 is 0.261 bits per heavy atom. The fourth-order valence-corrected chi connectivity index (χ4v) is 15.3. The van der Waals surface area contributed by atoms with Crippen molar-refractivity contribution in [2.45, 2.75) is 0 Å². The topological polar surface area (TPSA) is 33.7 Å². The fourth-order valence-electron chi connectivity index (χ4n) is 15.3. The molecule has 0 aliphatic carbocycles. The molecule has 2 aliphatic rings. The lowest BCUT2D eigenvalue weighted by Gasteiger charge is -2.41. The van der Waals surface area contributed by atoms with Gasteiger partial charge < -0.3 is 33.1 Å². The molecule has 2 aliphatic heterocycles. The molecule has 0 amide bonds. The average Bonchev–Trinajstić information content (AvgIpc) is 1.46. The van der Waals surface area contributed by atoms with E-state index in [2.05, 4.69) is 362 Å². The van der Waals surface area contributed by atoms with Gasteiger partial charge in [-0.1, -0.05) is 188 Å². The summed E-state index contributed by atoms with van der Waals surface area (Å²) in [6.45, 7) is -0.258. The molecular formula is C84H55BN6O. The predicted molar refractivity (Wildman–Crippen MR) is 385 cm³/mol. The summed E-state index contributed by atoms with van der Waals surface area (Å²) in [5.41, 5.74) is 23.0. The Morgan fingerprint density at radius 2 is 0.641 bits per heavy atom. The highest BCUT2D eigenvalue weighted by atomic mass is 16.5. The highest BCUT2D eigenvalue weighted by Crippen LogP contribution is 2.52. The zero-order valence-corrected chi connectivity index (χ0v) is 49.9. The Kier molecular flexibility index (Phi) is 11.6. The molecule has 92 heavy (non-hydrogen) atoms. The molecule has 0 spiro atoms. The normalized spacial score (nSPS) is 12.4. The van der Waals surface area contributed by atoms with Crippen LogP contribution >= 0.6 is 0 Å². The van der Waals surface area contributed by atoms with E-state index >= 15 is 0 Å². The first-order valence-electron chi connectivity index (χ1n) is 31.5. The van der Waals surface area contributed by atoms with Crippen LogP contribution in [0.15, 0.2) is 334 Å². The number of ether oxygens (including phenoxy) is 1. The summed E-state index contributed by atoms with van der Waals surface area (Å²) in [7, 11) is 0. The van der Waals surface area contributed by atoms with Gasteiger partial charge >= 0.3 is 0 Å². The largest absolute Gasteiger partial charge is 0.458 e. The Morgan fingerprint density at radius 3 is 1.10 bits per heavy atom. The van der Waals surface area contributed by atoms with Gasteiger partial charge in [-0.3, -0.25) is 0 Å². The Bertz CT molecular complexity index is 5590. The fraction of sp³-hybridized carbons (Fsp3) is 0. The lowest BCUT2D eigenvalue weighted by atomic mass is 9.34. The molecule has 3 aromatic heterocycles. The summed E-state index contributed by atoms with van der Waals surface area (Å²) >= 11 is 0. The highest BCUT2D eigenvalue weighted by molar-refractivity contribution is 6.99. The Labute approximate surface area is 532 Å². The van der Waals surface area contributed by atoms with Gasteiger partial charge in [-0.15, -0.1) is 0 Å². The van der Waals surface area contributed by atoms with E-state index in [0.717, 1.165) is 113 Å². The quantitative estimate of drug-likeness (QED) is 0.128. The van der Waals surface area contributed by atoms with Crippen molar-refractivity contribution in [3.8, 4) is 28.6 Å². The SMILES string of the molecule is c1ccc(N(c2ccccc2)c2ccc3c(c2)Oc2cc(N(c4ccccc4)c4ccccc4)cc4c2B3c2cc(-n3c5ccccc5c5c6c(c7ccccc7n6-c6ccccc6)c6c(c7ccccc7n6-c6ccccc6)c53)ccc2N4c2ccccc2)cc1. The van der Waals surface area contributed by atoms with Crippen LogP contribution in [0.25, 0.3) is 82.5 Å². The summed E-state index contributed by atoms with van der Waals surface area (Å²) in [6.07, 6.45) is 0. The van der Waals surface area contributed by atoms with Crippen molar-refractivity contribution in [2.24, 2.45) is 0 Å². The summed E-state index contributed by atoms with van der Waals surface area (Å²) in [4.78, 5) is 7.14. The molecule has 5 heterocycles. The Balaban J connectivity index is 0.936. The van der Waals surface area contributed by atoms with Crippen molar-refractivity contribution in [3.63, 3.8) is 0 Å². The van der Waals surface area contributed by atoms with Crippen molar-refractivity contribution in [1.82, 2.24) is 13.7 Å². The third-order valence-electron chi connectivity index (χ3n) is 18.9. The molecule has 7 nitrogen and oxygen atoms in total. The predicted octanol–water partition coefficient (Wildman–Crippen LogP) is 20.3. The maximum atomic E-state index is 7.62. The minimum absolute atomic E-state index is 0.258. The van der Waals surface area contributed by atoms with Crippen LogP contribution in [0.1, 0.15) is 0 Å². The van der Waals surface area contributed by atoms with Crippen LogP contribution < -0.4 is 35.8 Å². The van der Waals surface area contributed by atoms with E-state index in [-0.39, 0.29) is 6.71 Å². The molecule has 0 atom stereocenters. The van der Waals surface area contributed by atoms with Crippen molar-refractivity contribution >= 4 is 140 Å². The standard InChI is InChI=1S/C84H55BN6O/c1-8-28-56(29-9-1)86(57-30-10-2-11-31-57)64-48-50-69-76(54-64)92-77-55-65(87(58-32-12-3-13-33-58)59-34-14-4-15-35-59)53-75-81(77)85(69)70-52-63(49-51-74(70)88(75)60-36-16-5-17-37-60)91-73-47-27-24-44-68(73)80-83-78(66-42-22-25-45-71(66)89(83)61-38-18-6-19-39-61)82-79(84(80)91)67-43-23-26-46-72(67)90(82)62-40-20-7-21-41-62/h1-55H. The molecular weight excluding hydrogens is 1120 g/mol. The first-order valence-corrected chi connectivity index (χ1v) is 31.5. The number of benzene rings is 14. The van der Waals surface area contributed by atoms with Crippen LogP contribution in [-0.4, -0.2) is 20.4 Å². The van der Waals surface area contributed by atoms with Crippen molar-refractivity contribution < 1.29 is 4.74 Å². The second kappa shape index (κ2) is 20.7. The van der Waals surface area contributed by atoms with Gasteiger partial charge in [0.1, 0.15) is 11.5 Å². The molecule has 0 unspecified atom stereocenters. The molecule has 0 saturated heterocycles. The smallest absolute Gasteiger partial charge is 0.256 e. The van der Waals surface area contributed by atoms with Gasteiger partial charge in [-0.2, -0.15) is 0 Å². The van der Waals surface area contributed by atoms with Crippen molar-refractivity contribution in [3.05, 3.63) is 334 Å². The molecule has 430 valence electrons. The summed E-state index contributed by atoms with van der Waals surface area (Å²) in [5, 5.41) is 7.20. The van der Waals surface area contributed by atoms with Gasteiger partial charge in [0.15, 0.2) is 0 Å². The maximum Gasteiger partial charge on any atom is 0.256 e. The summed E-state index contributed by atoms with van der Waals surface area (Å²) in [5.74, 6) is 1.61. The van der Waals surface area contributed by atoms with Gasteiger partial charge in [-0.25, -0.2) is 0 Å². The number of rotatable bonds is 10. The van der Waals surface area contributed by atoms with Gasteiger partial charge in [-0.05, 0) is 150 Å². The van der Waals surface area contributed by atoms with E-state index in [9.17, 15) is 0 Å². The molecule has 0 fully saturated rings. The van der Waals surface area contributed by atoms with E-state index < -0.39 is 0 Å². The molecule has 8 heteroatoms. The number of nitrogens with zero attached hydrogens (tertiary/aromatic N) is 6. The molecule has 17 aromatic rings. The first kappa shape index (κ1) is 51.8. The molecule has 0 saturated carbocycles. The lowest BCUT2D eigenvalue weighted by Crippen LogP contribution is -2.59. The van der Waals surface area contributed by atoms with Crippen LogP contribution in [0.4, 0.5) is 51.2 Å². The van der Waals surface area contributed by atoms with Gasteiger partial charge in [0.25, 0.3) is 6.71 Å². The third-order valence-corrected chi connectivity index (χ3v) is 18.9. The van der Waals surface area contributed by atoms with E-state index in [1.165, 1.54) is 48.8 Å². The number of hydrogen-bond donors (Lipinski definition) is 0. The van der Waals surface area contributed by atoms with Crippen LogP contribution in [0.2, 0.25) is 0 Å². The van der Waals surface area contributed by atoms with Crippen LogP contribution in [0, 0.1) is 0 Å². The Hall–Kier alpha value is -12.3. The van der Waals surface area contributed by atoms with E-state index in [1.54, 1.807) is 0 Å². The van der Waals surface area contributed by atoms with E-state index in [0.29, 0.717) is 0 Å². The zero-order chi connectivity index (χ0) is 60.4. The second-order valence-electron chi connectivity index (χ2n) is 24.0. The minimum atomic E-state index is -0.258. The van der Waals surface area contributed by atoms with Crippen molar-refractivity contribution in [1.29, 1.82) is 0 Å². The molecule has 0 radical (unpaired) electrons. The number of aromatic nitrogens is 3. The highest BCUT2D eigenvalue weighted by Gasteiger charge is 2.43. The van der Waals surface area contributed by atoms with Gasteiger partial charge in [0.2, 0.25) is 0 Å². The molecule has 0 bridgehead atoms. The number of hydrogen-bond acceptors (Lipinski definition) is 4. The molecule has 14 aromatic carbocycles. The summed E-state index contributed by atoms with van der Waals surface area (Å²) in [6, 6.07) is 121. The average molecular weight is 1180 g/mol. The zero-order valence-electron chi connectivity index (χ0n) is 49.9. The molecule has 0 N–H and O–H groups in total. The number of para-hydroxylation sites is 10. The van der Waals surface area contributed by atoms with Crippen LogP contribution in [-0.2, 0) is 0 Å². The van der Waals surface area contributed by atoms with Gasteiger partial charge in [0.05, 0.1) is 38.8 Å². The van der Waals surface area contributed by atoms with Crippen molar-refractivity contribution in [2.75, 3.05) is 14.7 Å². The van der Waals surface area contributed by atoms with Crippen LogP contribution in [0.5, 0.6) is 11.5 Å². The second-order valence-corrected chi connectivity index (χ2v) is 24.0. The minimum Gasteiger partial charge on any atom is -0.458 e.